The molecule has 1 aromatic carbocycles. The summed E-state index contributed by atoms with van der Waals surface area (Å²) in [7, 11) is 0. The van der Waals surface area contributed by atoms with E-state index in [-0.39, 0.29) is 17.3 Å². The maximum atomic E-state index is 13.2. The number of nitrogens with two attached hydrogens (primary N) is 1. The number of hydrogen-bond donors (Lipinski definition) is 2. The summed E-state index contributed by atoms with van der Waals surface area (Å²) in [6.07, 6.45) is 1.34. The molecule has 1 aromatic heterocycles. The Balaban J connectivity index is 2.10. The van der Waals surface area contributed by atoms with Gasteiger partial charge in [-0.3, -0.25) is 19.9 Å². The normalized spacial score (nSPS) is 12.0. The molecular weight excluding hydrogens is 297 g/mol. The molecule has 0 radical (unpaired) electrons. The fourth-order valence-electron chi connectivity index (χ4n) is 1.92. The second kappa shape index (κ2) is 7.11. The van der Waals surface area contributed by atoms with Crippen molar-refractivity contribution in [1.82, 2.24) is 10.3 Å². The quantitative estimate of drug-likeness (QED) is 0.905. The van der Waals surface area contributed by atoms with E-state index in [1.807, 2.05) is 0 Å². The van der Waals surface area contributed by atoms with E-state index in [2.05, 4.69) is 10.3 Å². The lowest BCUT2D eigenvalue weighted by atomic mass is 10.0. The summed E-state index contributed by atoms with van der Waals surface area (Å²) in [4.78, 5) is 27.9. The number of carbonyl (C=O) groups is 2. The number of halogens is 1. The van der Waals surface area contributed by atoms with Crippen LogP contribution in [-0.4, -0.2) is 22.8 Å². The number of benzene rings is 1. The van der Waals surface area contributed by atoms with Crippen LogP contribution in [0.25, 0.3) is 11.3 Å². The summed E-state index contributed by atoms with van der Waals surface area (Å²) in [5, 5.41) is 2.24. The molecule has 0 aliphatic carbocycles. The fourth-order valence-corrected chi connectivity index (χ4v) is 1.92. The highest BCUT2D eigenvalue weighted by Crippen LogP contribution is 2.17. The number of nitrogens with one attached hydrogen (secondary N) is 1. The highest BCUT2D eigenvalue weighted by atomic mass is 19.1. The third-order valence-corrected chi connectivity index (χ3v) is 3.40. The molecule has 2 amide bonds. The van der Waals surface area contributed by atoms with Gasteiger partial charge in [0, 0.05) is 11.8 Å². The summed E-state index contributed by atoms with van der Waals surface area (Å²) >= 11 is 0. The Morgan fingerprint density at radius 2 is 1.96 bits per heavy atom. The van der Waals surface area contributed by atoms with Gasteiger partial charge in [0.2, 0.25) is 5.91 Å². The van der Waals surface area contributed by atoms with E-state index in [0.29, 0.717) is 11.3 Å². The zero-order valence-electron chi connectivity index (χ0n) is 12.9. The third kappa shape index (κ3) is 4.20. The molecule has 5 nitrogen and oxygen atoms in total. The van der Waals surface area contributed by atoms with E-state index in [4.69, 9.17) is 5.73 Å². The van der Waals surface area contributed by atoms with Crippen LogP contribution in [-0.2, 0) is 4.79 Å². The molecule has 0 spiro atoms. The molecule has 23 heavy (non-hydrogen) atoms. The van der Waals surface area contributed by atoms with Crippen molar-refractivity contribution in [2.24, 2.45) is 11.7 Å². The topological polar surface area (TPSA) is 85.1 Å². The van der Waals surface area contributed by atoms with Crippen LogP contribution in [0.15, 0.2) is 42.6 Å². The smallest absolute Gasteiger partial charge is 0.259 e. The van der Waals surface area contributed by atoms with Gasteiger partial charge in [-0.25, -0.2) is 4.39 Å². The Hall–Kier alpha value is -2.60. The Kier molecular flexibility index (Phi) is 5.18. The summed E-state index contributed by atoms with van der Waals surface area (Å²) in [6, 6.07) is 8.36. The van der Waals surface area contributed by atoms with Crippen LogP contribution in [0.2, 0.25) is 0 Å². The van der Waals surface area contributed by atoms with E-state index in [1.165, 1.54) is 24.4 Å². The molecule has 6 heteroatoms. The Bertz CT molecular complexity index is 714. The zero-order valence-corrected chi connectivity index (χ0v) is 12.9. The number of rotatable bonds is 4. The number of carbonyl (C=O) groups excluding carboxylic acids is 2. The average Bonchev–Trinajstić information content (AvgIpc) is 2.54. The molecule has 1 heterocycles. The van der Waals surface area contributed by atoms with E-state index >= 15 is 0 Å². The van der Waals surface area contributed by atoms with Gasteiger partial charge in [-0.2, -0.15) is 0 Å². The van der Waals surface area contributed by atoms with Gasteiger partial charge in [-0.1, -0.05) is 26.0 Å². The van der Waals surface area contributed by atoms with E-state index < -0.39 is 17.9 Å². The van der Waals surface area contributed by atoms with Crippen LogP contribution in [0.1, 0.15) is 24.2 Å². The van der Waals surface area contributed by atoms with Crippen molar-refractivity contribution in [2.75, 3.05) is 0 Å². The van der Waals surface area contributed by atoms with Gasteiger partial charge in [0.05, 0.1) is 17.3 Å². The molecule has 2 rings (SSSR count). The van der Waals surface area contributed by atoms with Crippen molar-refractivity contribution in [3.8, 4) is 11.3 Å². The standard InChI is InChI=1S/C17H18FN3O2/c1-10(2)15(19)17(23)21-16(22)12-6-7-14(20-9-12)11-4-3-5-13(18)8-11/h3-10,15H,19H2,1-2H3,(H,21,22,23)/t15-/m0/s1. The van der Waals surface area contributed by atoms with Crippen LogP contribution in [0, 0.1) is 11.7 Å². The minimum Gasteiger partial charge on any atom is -0.320 e. The summed E-state index contributed by atoms with van der Waals surface area (Å²) < 4.78 is 13.2. The van der Waals surface area contributed by atoms with Gasteiger partial charge < -0.3 is 5.73 Å². The molecule has 2 aromatic rings. The average molecular weight is 315 g/mol. The predicted octanol–water partition coefficient (Wildman–Crippen LogP) is 2.13. The van der Waals surface area contributed by atoms with Gasteiger partial charge in [-0.05, 0) is 30.2 Å². The second-order valence-electron chi connectivity index (χ2n) is 5.53. The molecular formula is C17H18FN3O2. The monoisotopic (exact) mass is 315 g/mol. The van der Waals surface area contributed by atoms with Gasteiger partial charge in [0.15, 0.2) is 0 Å². The number of aromatic nitrogens is 1. The molecule has 0 saturated heterocycles. The van der Waals surface area contributed by atoms with Crippen molar-refractivity contribution in [3.63, 3.8) is 0 Å². The highest BCUT2D eigenvalue weighted by molar-refractivity contribution is 6.06. The lowest BCUT2D eigenvalue weighted by molar-refractivity contribution is -0.122. The molecule has 0 aliphatic heterocycles. The number of nitrogens with zero attached hydrogens (tertiary/aromatic N) is 1. The predicted molar refractivity (Wildman–Crippen MR) is 84.9 cm³/mol. The van der Waals surface area contributed by atoms with Gasteiger partial charge in [0.25, 0.3) is 5.91 Å². The van der Waals surface area contributed by atoms with Crippen LogP contribution in [0.5, 0.6) is 0 Å². The second-order valence-corrected chi connectivity index (χ2v) is 5.53. The molecule has 0 bridgehead atoms. The Morgan fingerprint density at radius 3 is 2.52 bits per heavy atom. The SMILES string of the molecule is CC(C)[C@H](N)C(=O)NC(=O)c1ccc(-c2cccc(F)c2)nc1. The number of hydrogen-bond acceptors (Lipinski definition) is 4. The first kappa shape index (κ1) is 16.8. The van der Waals surface area contributed by atoms with Crippen molar-refractivity contribution in [1.29, 1.82) is 0 Å². The molecule has 0 aliphatic rings. The lowest BCUT2D eigenvalue weighted by Crippen LogP contribution is -2.46. The first-order valence-corrected chi connectivity index (χ1v) is 7.21. The van der Waals surface area contributed by atoms with Crippen molar-refractivity contribution in [2.45, 2.75) is 19.9 Å². The number of amides is 2. The summed E-state index contributed by atoms with van der Waals surface area (Å²) in [6.45, 7) is 3.59. The van der Waals surface area contributed by atoms with Crippen LogP contribution >= 0.6 is 0 Å². The molecule has 0 unspecified atom stereocenters. The molecule has 3 N–H and O–H groups in total. The van der Waals surface area contributed by atoms with Gasteiger partial charge in [-0.15, -0.1) is 0 Å². The van der Waals surface area contributed by atoms with Crippen LogP contribution < -0.4 is 11.1 Å². The third-order valence-electron chi connectivity index (χ3n) is 3.40. The van der Waals surface area contributed by atoms with Gasteiger partial charge in [0.1, 0.15) is 5.82 Å². The molecule has 120 valence electrons. The van der Waals surface area contributed by atoms with Crippen LogP contribution in [0.3, 0.4) is 0 Å². The number of pyridine rings is 1. The minimum absolute atomic E-state index is 0.0729. The summed E-state index contributed by atoms with van der Waals surface area (Å²) in [5.74, 6) is -1.53. The lowest BCUT2D eigenvalue weighted by Gasteiger charge is -2.14. The minimum atomic E-state index is -0.751. The summed E-state index contributed by atoms with van der Waals surface area (Å²) in [5.41, 5.74) is 7.06. The molecule has 1 atom stereocenters. The van der Waals surface area contributed by atoms with Crippen molar-refractivity contribution < 1.29 is 14.0 Å². The largest absolute Gasteiger partial charge is 0.320 e. The van der Waals surface area contributed by atoms with E-state index in [0.717, 1.165) is 0 Å². The highest BCUT2D eigenvalue weighted by Gasteiger charge is 2.20. The van der Waals surface area contributed by atoms with E-state index in [9.17, 15) is 14.0 Å². The molecule has 0 fully saturated rings. The maximum absolute atomic E-state index is 13.2. The molecule has 0 saturated carbocycles. The maximum Gasteiger partial charge on any atom is 0.259 e. The first-order valence-electron chi connectivity index (χ1n) is 7.21. The van der Waals surface area contributed by atoms with E-state index in [1.54, 1.807) is 32.0 Å². The van der Waals surface area contributed by atoms with Gasteiger partial charge >= 0.3 is 0 Å². The van der Waals surface area contributed by atoms with Crippen molar-refractivity contribution >= 4 is 11.8 Å². The first-order chi connectivity index (χ1) is 10.9. The Morgan fingerprint density at radius 1 is 1.22 bits per heavy atom. The zero-order chi connectivity index (χ0) is 17.0. The van der Waals surface area contributed by atoms with Crippen molar-refractivity contribution in [3.05, 3.63) is 54.0 Å². The number of imide groups is 1. The fraction of sp³-hybridized carbons (Fsp3) is 0.235. The van der Waals surface area contributed by atoms with Crippen LogP contribution in [0.4, 0.5) is 4.39 Å². The Labute approximate surface area is 133 Å².